The molecule has 4 N–H and O–H groups in total. The highest BCUT2D eigenvalue weighted by Gasteiger charge is 2.72. The van der Waals surface area contributed by atoms with E-state index < -0.39 is 56.8 Å². The van der Waals surface area contributed by atoms with Crippen LogP contribution in [0.5, 0.6) is 5.75 Å². The van der Waals surface area contributed by atoms with Gasteiger partial charge in [-0.25, -0.2) is 0 Å². The van der Waals surface area contributed by atoms with Crippen LogP contribution < -0.4 is 0 Å². The summed E-state index contributed by atoms with van der Waals surface area (Å²) in [5.74, 6) is -4.88. The van der Waals surface area contributed by atoms with Crippen molar-refractivity contribution in [1.82, 2.24) is 0 Å². The molecule has 0 aromatic heterocycles. The van der Waals surface area contributed by atoms with E-state index in [-0.39, 0.29) is 40.6 Å². The number of allylic oxidation sites excluding steroid dienone is 1. The number of hydrogen-bond donors (Lipinski definition) is 4. The minimum absolute atomic E-state index is 0.0650. The number of aliphatic hydroxyl groups is 3. The predicted molar refractivity (Wildman–Crippen MR) is 162 cm³/mol. The molecule has 3 aliphatic carbocycles. The van der Waals surface area contributed by atoms with Crippen molar-refractivity contribution in [3.05, 3.63) is 45.2 Å². The monoisotopic (exact) mass is 580 g/mol. The number of Topliss-reactive ketones (excluding diaryl/α,β-unsaturated/α-hetero) is 3. The summed E-state index contributed by atoms with van der Waals surface area (Å²) in [6.07, 6.45) is 2.75. The van der Waals surface area contributed by atoms with Crippen molar-refractivity contribution in [1.29, 1.82) is 0 Å². The van der Waals surface area contributed by atoms with Crippen LogP contribution in [0.3, 0.4) is 0 Å². The average Bonchev–Trinajstić information content (AvgIpc) is 2.81. The van der Waals surface area contributed by atoms with Gasteiger partial charge in [0.05, 0.1) is 5.56 Å². The number of phenolic OH excluding ortho intramolecular Hbond substituents is 1. The van der Waals surface area contributed by atoms with Crippen LogP contribution in [0.2, 0.25) is 0 Å². The smallest absolute Gasteiger partial charge is 0.203 e. The molecule has 1 saturated carbocycles. The standard InChI is InChI=1S/C35H48O7/c1-17(2)21-14-20(12-11-13-32(6,7)8)27(37)24-22(21)15-33(9)16-34(10)25(18(3)4)28(38)23(19(5)36)30(40)35(34,42)31(41)26(33)29(24)39/h14,17-18,25,37,39-40,42H,11-13,15-16H2,1-10H3/t25?,33-,34-,35+/m1/s1. The van der Waals surface area contributed by atoms with Crippen molar-refractivity contribution in [3.63, 3.8) is 0 Å². The lowest BCUT2D eigenvalue weighted by molar-refractivity contribution is -0.178. The lowest BCUT2D eigenvalue weighted by atomic mass is 9.43. The Bertz CT molecular complexity index is 1440. The lowest BCUT2D eigenvalue weighted by Gasteiger charge is -2.60. The van der Waals surface area contributed by atoms with Crippen LogP contribution in [0.15, 0.2) is 23.0 Å². The molecule has 1 aromatic rings. The van der Waals surface area contributed by atoms with Gasteiger partial charge < -0.3 is 20.4 Å². The second-order valence-electron chi connectivity index (χ2n) is 15.4. The number of aromatic hydroxyl groups is 1. The van der Waals surface area contributed by atoms with Crippen LogP contribution in [-0.4, -0.2) is 43.4 Å². The van der Waals surface area contributed by atoms with E-state index >= 15 is 0 Å². The summed E-state index contributed by atoms with van der Waals surface area (Å²) in [4.78, 5) is 40.8. The molecule has 0 aliphatic heterocycles. The van der Waals surface area contributed by atoms with Gasteiger partial charge in [-0.2, -0.15) is 0 Å². The zero-order valence-electron chi connectivity index (χ0n) is 26.9. The number of phenols is 1. The summed E-state index contributed by atoms with van der Waals surface area (Å²) >= 11 is 0. The third-order valence-corrected chi connectivity index (χ3v) is 10.1. The molecule has 230 valence electrons. The topological polar surface area (TPSA) is 132 Å². The third-order valence-electron chi connectivity index (χ3n) is 10.1. The van der Waals surface area contributed by atoms with Crippen LogP contribution in [-0.2, 0) is 27.2 Å². The van der Waals surface area contributed by atoms with Gasteiger partial charge in [0.15, 0.2) is 17.2 Å². The number of carbonyl (C=O) groups is 3. The van der Waals surface area contributed by atoms with Crippen LogP contribution in [0.25, 0.3) is 5.76 Å². The number of aliphatic hydroxyl groups excluding tert-OH is 2. The SMILES string of the molecule is CC(=O)C1=C(O)[C@]2(O)C(=O)C3=C(O)c4c(O)c(CCCC(C)(C)C)cc(C(C)C)c4C[C@]3(C)C[C@]2(C)C(C(C)C)C1=O. The van der Waals surface area contributed by atoms with E-state index in [4.69, 9.17) is 0 Å². The quantitative estimate of drug-likeness (QED) is 0.276. The molecular formula is C35H48O7. The Hall–Kier alpha value is -2.93. The van der Waals surface area contributed by atoms with Gasteiger partial charge in [0.25, 0.3) is 0 Å². The van der Waals surface area contributed by atoms with Crippen molar-refractivity contribution in [2.24, 2.45) is 28.1 Å². The molecule has 0 bridgehead atoms. The van der Waals surface area contributed by atoms with Crippen molar-refractivity contribution >= 4 is 23.1 Å². The maximum atomic E-state index is 14.5. The van der Waals surface area contributed by atoms with Crippen LogP contribution >= 0.6 is 0 Å². The third kappa shape index (κ3) is 4.45. The molecule has 42 heavy (non-hydrogen) atoms. The average molecular weight is 581 g/mol. The van der Waals surface area contributed by atoms with Crippen LogP contribution in [0.4, 0.5) is 0 Å². The van der Waals surface area contributed by atoms with Gasteiger partial charge in [-0.05, 0) is 73.0 Å². The van der Waals surface area contributed by atoms with E-state index in [0.29, 0.717) is 18.4 Å². The number of ketones is 3. The highest BCUT2D eigenvalue weighted by atomic mass is 16.3. The Labute approximate surface area is 249 Å². The molecular weight excluding hydrogens is 532 g/mol. The Morgan fingerprint density at radius 2 is 1.67 bits per heavy atom. The Morgan fingerprint density at radius 3 is 2.17 bits per heavy atom. The molecule has 3 aliphatic rings. The van der Waals surface area contributed by atoms with E-state index in [0.717, 1.165) is 30.9 Å². The van der Waals surface area contributed by atoms with Gasteiger partial charge in [-0.1, -0.05) is 68.4 Å². The molecule has 4 atom stereocenters. The maximum absolute atomic E-state index is 14.5. The molecule has 0 heterocycles. The fourth-order valence-corrected chi connectivity index (χ4v) is 8.39. The van der Waals surface area contributed by atoms with Crippen LogP contribution in [0.1, 0.15) is 117 Å². The zero-order valence-corrected chi connectivity index (χ0v) is 26.9. The minimum atomic E-state index is -2.60. The van der Waals surface area contributed by atoms with Crippen molar-refractivity contribution in [2.45, 2.75) is 113 Å². The summed E-state index contributed by atoms with van der Waals surface area (Å²) in [6.45, 7) is 18.8. The molecule has 0 saturated heterocycles. The predicted octanol–water partition coefficient (Wildman–Crippen LogP) is 6.68. The number of fused-ring (bicyclic) bond motifs is 3. The van der Waals surface area contributed by atoms with E-state index in [9.17, 15) is 34.8 Å². The van der Waals surface area contributed by atoms with Gasteiger partial charge in [-0.3, -0.25) is 14.4 Å². The second-order valence-corrected chi connectivity index (χ2v) is 15.4. The zero-order chi connectivity index (χ0) is 31.9. The summed E-state index contributed by atoms with van der Waals surface area (Å²) in [5.41, 5.74) is -2.99. The summed E-state index contributed by atoms with van der Waals surface area (Å²) in [7, 11) is 0. The summed E-state index contributed by atoms with van der Waals surface area (Å²) in [5, 5.41) is 47.0. The number of aryl methyl sites for hydroxylation is 1. The minimum Gasteiger partial charge on any atom is -0.508 e. The van der Waals surface area contributed by atoms with Gasteiger partial charge in [0.2, 0.25) is 5.78 Å². The number of carbonyl (C=O) groups excluding carboxylic acids is 3. The Balaban J connectivity index is 2.01. The van der Waals surface area contributed by atoms with E-state index in [1.807, 2.05) is 13.0 Å². The molecule has 1 unspecified atom stereocenters. The number of hydrogen-bond acceptors (Lipinski definition) is 7. The molecule has 0 spiro atoms. The molecule has 4 rings (SSSR count). The normalized spacial score (nSPS) is 29.7. The largest absolute Gasteiger partial charge is 0.508 e. The molecule has 1 aromatic carbocycles. The number of benzene rings is 1. The van der Waals surface area contributed by atoms with E-state index in [1.54, 1.807) is 20.8 Å². The molecule has 1 fully saturated rings. The van der Waals surface area contributed by atoms with E-state index in [1.165, 1.54) is 0 Å². The maximum Gasteiger partial charge on any atom is 0.203 e. The fourth-order valence-electron chi connectivity index (χ4n) is 8.39. The highest BCUT2D eigenvalue weighted by molar-refractivity contribution is 6.24. The fraction of sp³-hybridized carbons (Fsp3) is 0.629. The second kappa shape index (κ2) is 10.1. The highest BCUT2D eigenvalue weighted by Crippen LogP contribution is 2.65. The first-order valence-corrected chi connectivity index (χ1v) is 15.2. The van der Waals surface area contributed by atoms with Crippen molar-refractivity contribution < 1.29 is 34.8 Å². The summed E-state index contributed by atoms with van der Waals surface area (Å²) < 4.78 is 0. The first-order valence-electron chi connectivity index (χ1n) is 15.2. The molecule has 0 radical (unpaired) electrons. The van der Waals surface area contributed by atoms with Gasteiger partial charge in [0.1, 0.15) is 22.8 Å². The van der Waals surface area contributed by atoms with E-state index in [2.05, 4.69) is 34.6 Å². The van der Waals surface area contributed by atoms with Gasteiger partial charge in [0, 0.05) is 22.3 Å². The van der Waals surface area contributed by atoms with Crippen molar-refractivity contribution in [3.8, 4) is 5.75 Å². The molecule has 0 amide bonds. The number of rotatable bonds is 6. The Kier molecular flexibility index (Phi) is 7.67. The first kappa shape index (κ1) is 32.0. The first-order chi connectivity index (χ1) is 19.1. The lowest BCUT2D eigenvalue weighted by Crippen LogP contribution is -2.69. The van der Waals surface area contributed by atoms with Gasteiger partial charge in [-0.15, -0.1) is 0 Å². The summed E-state index contributed by atoms with van der Waals surface area (Å²) in [6, 6.07) is 2.01. The van der Waals surface area contributed by atoms with Crippen LogP contribution in [0, 0.1) is 28.1 Å². The Morgan fingerprint density at radius 1 is 1.07 bits per heavy atom. The van der Waals surface area contributed by atoms with Gasteiger partial charge >= 0.3 is 0 Å². The van der Waals surface area contributed by atoms with Crippen molar-refractivity contribution in [2.75, 3.05) is 0 Å². The molecule has 7 heteroatoms. The molecule has 7 nitrogen and oxygen atoms in total.